The Labute approximate surface area is 174 Å². The summed E-state index contributed by atoms with van der Waals surface area (Å²) in [7, 11) is 0. The molecule has 150 valence electrons. The Balaban J connectivity index is 1.69. The molecule has 2 heteroatoms. The van der Waals surface area contributed by atoms with Crippen molar-refractivity contribution < 1.29 is 9.47 Å². The lowest BCUT2D eigenvalue weighted by molar-refractivity contribution is 0.290. The smallest absolute Gasteiger partial charge is 0.124 e. The summed E-state index contributed by atoms with van der Waals surface area (Å²) in [4.78, 5) is 0. The van der Waals surface area contributed by atoms with Crippen LogP contribution in [0.5, 0.6) is 11.5 Å². The second kappa shape index (κ2) is 11.8. The maximum Gasteiger partial charge on any atom is 0.124 e. The summed E-state index contributed by atoms with van der Waals surface area (Å²) in [5, 5.41) is 0. The SMILES string of the molecule is CCCCC/C=C/c1cc(OCc2ccccc2)cc(OCc2ccccc2)c1. The van der Waals surface area contributed by atoms with E-state index in [1.165, 1.54) is 19.3 Å². The van der Waals surface area contributed by atoms with Gasteiger partial charge in [-0.15, -0.1) is 0 Å². The van der Waals surface area contributed by atoms with E-state index in [1.54, 1.807) is 0 Å². The average molecular weight is 387 g/mol. The van der Waals surface area contributed by atoms with Gasteiger partial charge in [0.25, 0.3) is 0 Å². The lowest BCUT2D eigenvalue weighted by atomic mass is 10.1. The molecule has 0 amide bonds. The van der Waals surface area contributed by atoms with Crippen LogP contribution in [0.4, 0.5) is 0 Å². The molecule has 0 bridgehead atoms. The fourth-order valence-electron chi connectivity index (χ4n) is 3.07. The Kier molecular flexibility index (Phi) is 8.40. The van der Waals surface area contributed by atoms with Crippen molar-refractivity contribution in [2.24, 2.45) is 0 Å². The zero-order chi connectivity index (χ0) is 20.2. The summed E-state index contributed by atoms with van der Waals surface area (Å²) < 4.78 is 12.1. The fourth-order valence-corrected chi connectivity index (χ4v) is 3.07. The van der Waals surface area contributed by atoms with E-state index < -0.39 is 0 Å². The van der Waals surface area contributed by atoms with Crippen LogP contribution in [0.1, 0.15) is 49.3 Å². The summed E-state index contributed by atoms with van der Waals surface area (Å²) in [6, 6.07) is 26.6. The second-order valence-corrected chi connectivity index (χ2v) is 7.18. The zero-order valence-electron chi connectivity index (χ0n) is 17.2. The Bertz CT molecular complexity index is 808. The van der Waals surface area contributed by atoms with Crippen LogP contribution in [-0.4, -0.2) is 0 Å². The molecule has 0 saturated heterocycles. The zero-order valence-corrected chi connectivity index (χ0v) is 17.2. The summed E-state index contributed by atoms with van der Waals surface area (Å²) in [6.07, 6.45) is 9.26. The number of rotatable bonds is 11. The first-order valence-electron chi connectivity index (χ1n) is 10.5. The molecule has 0 fully saturated rings. The average Bonchev–Trinajstić information content (AvgIpc) is 2.77. The van der Waals surface area contributed by atoms with Gasteiger partial charge in [-0.1, -0.05) is 92.6 Å². The predicted molar refractivity (Wildman–Crippen MR) is 121 cm³/mol. The Morgan fingerprint density at radius 1 is 0.690 bits per heavy atom. The van der Waals surface area contributed by atoms with Gasteiger partial charge in [0.1, 0.15) is 24.7 Å². The molecular weight excluding hydrogens is 356 g/mol. The minimum atomic E-state index is 0.544. The maximum absolute atomic E-state index is 6.06. The van der Waals surface area contributed by atoms with Gasteiger partial charge in [0, 0.05) is 6.07 Å². The van der Waals surface area contributed by atoms with Crippen LogP contribution in [-0.2, 0) is 13.2 Å². The molecule has 0 N–H and O–H groups in total. The second-order valence-electron chi connectivity index (χ2n) is 7.18. The molecule has 0 aliphatic heterocycles. The number of allylic oxidation sites excluding steroid dienone is 1. The molecule has 0 spiro atoms. The third kappa shape index (κ3) is 7.50. The maximum atomic E-state index is 6.06. The summed E-state index contributed by atoms with van der Waals surface area (Å²) in [5.41, 5.74) is 3.41. The summed E-state index contributed by atoms with van der Waals surface area (Å²) in [5.74, 6) is 1.65. The van der Waals surface area contributed by atoms with Crippen LogP contribution >= 0.6 is 0 Å². The molecule has 29 heavy (non-hydrogen) atoms. The highest BCUT2D eigenvalue weighted by Crippen LogP contribution is 2.26. The first-order chi connectivity index (χ1) is 14.3. The van der Waals surface area contributed by atoms with Crippen molar-refractivity contribution in [1.29, 1.82) is 0 Å². The van der Waals surface area contributed by atoms with Gasteiger partial charge in [-0.2, -0.15) is 0 Å². The molecule has 0 aliphatic carbocycles. The molecule has 0 atom stereocenters. The van der Waals surface area contributed by atoms with Gasteiger partial charge in [0.15, 0.2) is 0 Å². The minimum absolute atomic E-state index is 0.544. The molecular formula is C27H30O2. The molecule has 0 aromatic heterocycles. The van der Waals surface area contributed by atoms with Crippen LogP contribution in [0.15, 0.2) is 84.9 Å². The van der Waals surface area contributed by atoms with Crippen LogP contribution in [0.2, 0.25) is 0 Å². The minimum Gasteiger partial charge on any atom is -0.489 e. The molecule has 3 aromatic carbocycles. The molecule has 0 saturated carbocycles. The first-order valence-corrected chi connectivity index (χ1v) is 10.5. The van der Waals surface area contributed by atoms with Crippen molar-refractivity contribution in [3.63, 3.8) is 0 Å². The van der Waals surface area contributed by atoms with E-state index in [0.717, 1.165) is 34.6 Å². The molecule has 3 rings (SSSR count). The molecule has 3 aromatic rings. The van der Waals surface area contributed by atoms with Gasteiger partial charge in [-0.3, -0.25) is 0 Å². The van der Waals surface area contributed by atoms with Crippen molar-refractivity contribution in [1.82, 2.24) is 0 Å². The van der Waals surface area contributed by atoms with E-state index in [0.29, 0.717) is 13.2 Å². The van der Waals surface area contributed by atoms with Gasteiger partial charge in [0.2, 0.25) is 0 Å². The number of unbranched alkanes of at least 4 members (excludes halogenated alkanes) is 3. The Hall–Kier alpha value is -3.00. The Morgan fingerprint density at radius 3 is 1.76 bits per heavy atom. The van der Waals surface area contributed by atoms with E-state index in [9.17, 15) is 0 Å². The van der Waals surface area contributed by atoms with E-state index in [4.69, 9.17) is 9.47 Å². The van der Waals surface area contributed by atoms with Crippen molar-refractivity contribution in [3.8, 4) is 11.5 Å². The molecule has 2 nitrogen and oxygen atoms in total. The van der Waals surface area contributed by atoms with E-state index in [2.05, 4.69) is 55.5 Å². The number of ether oxygens (including phenoxy) is 2. The molecule has 0 radical (unpaired) electrons. The highest BCUT2D eigenvalue weighted by molar-refractivity contribution is 5.55. The van der Waals surface area contributed by atoms with Crippen LogP contribution in [0.25, 0.3) is 6.08 Å². The normalized spacial score (nSPS) is 10.9. The highest BCUT2D eigenvalue weighted by atomic mass is 16.5. The number of hydrogen-bond acceptors (Lipinski definition) is 2. The van der Waals surface area contributed by atoms with Crippen molar-refractivity contribution >= 4 is 6.08 Å². The highest BCUT2D eigenvalue weighted by Gasteiger charge is 2.04. The van der Waals surface area contributed by atoms with Gasteiger partial charge in [-0.05, 0) is 41.7 Å². The van der Waals surface area contributed by atoms with Gasteiger partial charge in [-0.25, -0.2) is 0 Å². The van der Waals surface area contributed by atoms with Gasteiger partial charge >= 0.3 is 0 Å². The monoisotopic (exact) mass is 386 g/mol. The summed E-state index contributed by atoms with van der Waals surface area (Å²) >= 11 is 0. The lowest BCUT2D eigenvalue weighted by Gasteiger charge is -2.12. The van der Waals surface area contributed by atoms with Crippen molar-refractivity contribution in [2.45, 2.75) is 45.8 Å². The van der Waals surface area contributed by atoms with Crippen molar-refractivity contribution in [3.05, 3.63) is 102 Å². The van der Waals surface area contributed by atoms with Gasteiger partial charge < -0.3 is 9.47 Å². The van der Waals surface area contributed by atoms with Crippen LogP contribution < -0.4 is 9.47 Å². The lowest BCUT2D eigenvalue weighted by Crippen LogP contribution is -1.98. The quantitative estimate of drug-likeness (QED) is 0.319. The van der Waals surface area contributed by atoms with E-state index in [-0.39, 0.29) is 0 Å². The third-order valence-electron chi connectivity index (χ3n) is 4.68. The fraction of sp³-hybridized carbons (Fsp3) is 0.259. The number of hydrogen-bond donors (Lipinski definition) is 0. The van der Waals surface area contributed by atoms with Crippen LogP contribution in [0, 0.1) is 0 Å². The largest absolute Gasteiger partial charge is 0.489 e. The van der Waals surface area contributed by atoms with Crippen LogP contribution in [0.3, 0.4) is 0 Å². The van der Waals surface area contributed by atoms with Gasteiger partial charge in [0.05, 0.1) is 0 Å². The molecule has 0 heterocycles. The Morgan fingerprint density at radius 2 is 1.24 bits per heavy atom. The standard InChI is InChI=1S/C27H30O2/c1-2-3-4-5-8-17-25-18-26(28-21-23-13-9-6-10-14-23)20-27(19-25)29-22-24-15-11-7-12-16-24/h6-20H,2-5,21-22H2,1H3/b17-8+. The topological polar surface area (TPSA) is 18.5 Å². The predicted octanol–water partition coefficient (Wildman–Crippen LogP) is 7.44. The molecule has 0 aliphatic rings. The summed E-state index contributed by atoms with van der Waals surface area (Å²) in [6.45, 7) is 3.32. The van der Waals surface area contributed by atoms with E-state index in [1.807, 2.05) is 42.5 Å². The number of benzene rings is 3. The van der Waals surface area contributed by atoms with Crippen molar-refractivity contribution in [2.75, 3.05) is 0 Å². The first kappa shape index (κ1) is 20.7. The third-order valence-corrected chi connectivity index (χ3v) is 4.68. The molecule has 0 unspecified atom stereocenters. The van der Waals surface area contributed by atoms with E-state index >= 15 is 0 Å².